The molecule has 1 heteroatoms. The van der Waals surface area contributed by atoms with Gasteiger partial charge in [0.25, 0.3) is 0 Å². The molecule has 0 bridgehead atoms. The summed E-state index contributed by atoms with van der Waals surface area (Å²) >= 11 is 0. The van der Waals surface area contributed by atoms with Crippen LogP contribution in [-0.2, 0) is 0 Å². The second kappa shape index (κ2) is 3.73. The summed E-state index contributed by atoms with van der Waals surface area (Å²) in [4.78, 5) is 4.53. The smallest absolute Gasteiger partial charge is 0.0392 e. The third-order valence-corrected chi connectivity index (χ3v) is 2.71. The fourth-order valence-electron chi connectivity index (χ4n) is 1.85. The first kappa shape index (κ1) is 8.49. The molecule has 1 aromatic carbocycles. The average molecular weight is 173 g/mol. The van der Waals surface area contributed by atoms with Gasteiger partial charge in [0.1, 0.15) is 0 Å². The van der Waals surface area contributed by atoms with E-state index >= 15 is 0 Å². The van der Waals surface area contributed by atoms with Crippen LogP contribution >= 0.6 is 0 Å². The van der Waals surface area contributed by atoms with Crippen molar-refractivity contribution in [2.45, 2.75) is 25.7 Å². The first-order chi connectivity index (χ1) is 6.38. The van der Waals surface area contributed by atoms with E-state index in [1.165, 1.54) is 24.1 Å². The van der Waals surface area contributed by atoms with Gasteiger partial charge in [-0.05, 0) is 18.4 Å². The van der Waals surface area contributed by atoms with E-state index in [-0.39, 0.29) is 0 Å². The largest absolute Gasteiger partial charge is 0.293 e. The van der Waals surface area contributed by atoms with Gasteiger partial charge < -0.3 is 0 Å². The molecule has 0 amide bonds. The molecule has 1 aliphatic heterocycles. The Kier molecular flexibility index (Phi) is 2.44. The average Bonchev–Trinajstić information content (AvgIpc) is 2.71. The maximum absolute atomic E-state index is 4.53. The van der Waals surface area contributed by atoms with E-state index < -0.39 is 0 Å². The zero-order valence-corrected chi connectivity index (χ0v) is 8.03. The highest BCUT2D eigenvalue weighted by molar-refractivity contribution is 5.91. The standard InChI is InChI=1S/C12H15N/c1-10(12-8-5-9-13-12)11-6-3-2-4-7-11/h2-4,6-7,10H,5,8-9H2,1H3. The Labute approximate surface area is 79.5 Å². The maximum Gasteiger partial charge on any atom is 0.0392 e. The number of nitrogens with zero attached hydrogens (tertiary/aromatic N) is 1. The Hall–Kier alpha value is -1.11. The SMILES string of the molecule is CC(C1=NCCC1)c1ccccc1. The zero-order valence-electron chi connectivity index (χ0n) is 8.03. The highest BCUT2D eigenvalue weighted by Gasteiger charge is 2.15. The van der Waals surface area contributed by atoms with E-state index in [0.29, 0.717) is 5.92 Å². The van der Waals surface area contributed by atoms with Crippen molar-refractivity contribution in [3.63, 3.8) is 0 Å². The fourth-order valence-corrected chi connectivity index (χ4v) is 1.85. The van der Waals surface area contributed by atoms with E-state index in [2.05, 4.69) is 42.2 Å². The van der Waals surface area contributed by atoms with Crippen molar-refractivity contribution in [1.29, 1.82) is 0 Å². The lowest BCUT2D eigenvalue weighted by atomic mass is 9.95. The summed E-state index contributed by atoms with van der Waals surface area (Å²) in [5, 5.41) is 0. The lowest BCUT2D eigenvalue weighted by molar-refractivity contribution is 0.936. The molecular weight excluding hydrogens is 158 g/mol. The van der Waals surface area contributed by atoms with Gasteiger partial charge in [0, 0.05) is 18.2 Å². The molecular formula is C12H15N. The van der Waals surface area contributed by atoms with Crippen LogP contribution in [0.15, 0.2) is 35.3 Å². The van der Waals surface area contributed by atoms with Crippen molar-refractivity contribution < 1.29 is 0 Å². The molecule has 0 fully saturated rings. The first-order valence-corrected chi connectivity index (χ1v) is 4.96. The van der Waals surface area contributed by atoms with Crippen molar-refractivity contribution >= 4 is 5.71 Å². The van der Waals surface area contributed by atoms with Crippen LogP contribution in [0.2, 0.25) is 0 Å². The molecule has 0 aromatic heterocycles. The van der Waals surface area contributed by atoms with Crippen LogP contribution in [0.3, 0.4) is 0 Å². The van der Waals surface area contributed by atoms with Crippen LogP contribution in [0.25, 0.3) is 0 Å². The van der Waals surface area contributed by atoms with Gasteiger partial charge in [-0.3, -0.25) is 4.99 Å². The summed E-state index contributed by atoms with van der Waals surface area (Å²) in [6.45, 7) is 3.28. The Morgan fingerprint density at radius 1 is 1.23 bits per heavy atom. The van der Waals surface area contributed by atoms with Crippen LogP contribution in [0.5, 0.6) is 0 Å². The normalized spacial score (nSPS) is 18.4. The zero-order chi connectivity index (χ0) is 9.10. The minimum absolute atomic E-state index is 0.517. The Morgan fingerprint density at radius 3 is 2.62 bits per heavy atom. The van der Waals surface area contributed by atoms with Gasteiger partial charge >= 0.3 is 0 Å². The van der Waals surface area contributed by atoms with Crippen LogP contribution in [0, 0.1) is 0 Å². The Bertz CT molecular complexity index is 300. The van der Waals surface area contributed by atoms with Crippen LogP contribution in [-0.4, -0.2) is 12.3 Å². The predicted molar refractivity (Wildman–Crippen MR) is 56.4 cm³/mol. The molecule has 1 aromatic rings. The van der Waals surface area contributed by atoms with Gasteiger partial charge in [0.05, 0.1) is 0 Å². The molecule has 0 N–H and O–H groups in total. The first-order valence-electron chi connectivity index (χ1n) is 4.96. The van der Waals surface area contributed by atoms with Crippen molar-refractivity contribution in [2.75, 3.05) is 6.54 Å². The van der Waals surface area contributed by atoms with Crippen LogP contribution in [0.4, 0.5) is 0 Å². The Balaban J connectivity index is 2.17. The van der Waals surface area contributed by atoms with Gasteiger partial charge in [-0.2, -0.15) is 0 Å². The summed E-state index contributed by atoms with van der Waals surface area (Å²) in [5.74, 6) is 0.517. The van der Waals surface area contributed by atoms with Crippen molar-refractivity contribution in [3.8, 4) is 0 Å². The predicted octanol–water partition coefficient (Wildman–Crippen LogP) is 3.02. The molecule has 0 saturated heterocycles. The number of hydrogen-bond acceptors (Lipinski definition) is 1. The molecule has 0 saturated carbocycles. The minimum Gasteiger partial charge on any atom is -0.293 e. The summed E-state index contributed by atoms with van der Waals surface area (Å²) in [7, 11) is 0. The van der Waals surface area contributed by atoms with Crippen molar-refractivity contribution in [1.82, 2.24) is 0 Å². The molecule has 0 aliphatic carbocycles. The van der Waals surface area contributed by atoms with Gasteiger partial charge in [0.2, 0.25) is 0 Å². The third kappa shape index (κ3) is 1.80. The van der Waals surface area contributed by atoms with Crippen LogP contribution in [0.1, 0.15) is 31.2 Å². The van der Waals surface area contributed by atoms with Gasteiger partial charge in [-0.25, -0.2) is 0 Å². The molecule has 68 valence electrons. The number of benzene rings is 1. The molecule has 1 atom stereocenters. The van der Waals surface area contributed by atoms with E-state index in [0.717, 1.165) is 6.54 Å². The van der Waals surface area contributed by atoms with Gasteiger partial charge in [-0.15, -0.1) is 0 Å². The van der Waals surface area contributed by atoms with Gasteiger partial charge in [-0.1, -0.05) is 37.3 Å². The van der Waals surface area contributed by atoms with E-state index in [4.69, 9.17) is 0 Å². The van der Waals surface area contributed by atoms with Gasteiger partial charge in [0.15, 0.2) is 0 Å². The second-order valence-corrected chi connectivity index (χ2v) is 3.61. The molecule has 0 radical (unpaired) electrons. The molecule has 0 spiro atoms. The summed E-state index contributed by atoms with van der Waals surface area (Å²) in [5.41, 5.74) is 2.77. The number of rotatable bonds is 2. The summed E-state index contributed by atoms with van der Waals surface area (Å²) in [6.07, 6.45) is 2.43. The molecule has 13 heavy (non-hydrogen) atoms. The highest BCUT2D eigenvalue weighted by atomic mass is 14.8. The summed E-state index contributed by atoms with van der Waals surface area (Å²) < 4.78 is 0. The van der Waals surface area contributed by atoms with Crippen LogP contribution < -0.4 is 0 Å². The lowest BCUT2D eigenvalue weighted by Crippen LogP contribution is -2.05. The number of aliphatic imine (C=N–C) groups is 1. The summed E-state index contributed by atoms with van der Waals surface area (Å²) in [6, 6.07) is 10.6. The van der Waals surface area contributed by atoms with E-state index in [1.807, 2.05) is 0 Å². The van der Waals surface area contributed by atoms with Crippen molar-refractivity contribution in [3.05, 3.63) is 35.9 Å². The Morgan fingerprint density at radius 2 is 2.00 bits per heavy atom. The quantitative estimate of drug-likeness (QED) is 0.652. The maximum atomic E-state index is 4.53. The fraction of sp³-hybridized carbons (Fsp3) is 0.417. The monoisotopic (exact) mass is 173 g/mol. The van der Waals surface area contributed by atoms with E-state index in [9.17, 15) is 0 Å². The molecule has 1 nitrogen and oxygen atoms in total. The third-order valence-electron chi connectivity index (χ3n) is 2.71. The molecule has 1 heterocycles. The topological polar surface area (TPSA) is 12.4 Å². The molecule has 1 unspecified atom stereocenters. The number of hydrogen-bond donors (Lipinski definition) is 0. The van der Waals surface area contributed by atoms with E-state index in [1.54, 1.807) is 0 Å². The van der Waals surface area contributed by atoms with Crippen molar-refractivity contribution in [2.24, 2.45) is 4.99 Å². The minimum atomic E-state index is 0.517. The molecule has 1 aliphatic rings. The lowest BCUT2D eigenvalue weighted by Gasteiger charge is -2.11. The molecule has 2 rings (SSSR count). The highest BCUT2D eigenvalue weighted by Crippen LogP contribution is 2.22. The second-order valence-electron chi connectivity index (χ2n) is 3.61.